The first kappa shape index (κ1) is 20.7. The Morgan fingerprint density at radius 1 is 0.867 bits per heavy atom. The molecule has 0 saturated heterocycles. The topological polar surface area (TPSA) is 43.0 Å². The second-order valence-electron chi connectivity index (χ2n) is 8.65. The van der Waals surface area contributed by atoms with E-state index in [1.54, 1.807) is 0 Å². The van der Waals surface area contributed by atoms with Gasteiger partial charge in [0.2, 0.25) is 0 Å². The molecule has 0 radical (unpaired) electrons. The molecule has 1 aliphatic rings. The van der Waals surface area contributed by atoms with Crippen LogP contribution >= 0.6 is 0 Å². The van der Waals surface area contributed by atoms with Crippen LogP contribution in [0.5, 0.6) is 0 Å². The van der Waals surface area contributed by atoms with Crippen LogP contribution < -0.4 is 0 Å². The van der Waals surface area contributed by atoms with Crippen molar-refractivity contribution < 1.29 is 5.11 Å². The molecule has 30 heavy (non-hydrogen) atoms. The molecule has 4 heteroatoms. The second-order valence-corrected chi connectivity index (χ2v) is 8.65. The Kier molecular flexibility index (Phi) is 5.96. The second kappa shape index (κ2) is 8.65. The molecular weight excluding hydrogens is 370 g/mol. The summed E-state index contributed by atoms with van der Waals surface area (Å²) in [4.78, 5) is 5.09. The maximum absolute atomic E-state index is 9.81. The lowest BCUT2D eigenvalue weighted by molar-refractivity contribution is 0.341. The van der Waals surface area contributed by atoms with Crippen LogP contribution in [0.25, 0.3) is 17.2 Å². The Bertz CT molecular complexity index is 961. The zero-order valence-corrected chi connectivity index (χ0v) is 18.7. The van der Waals surface area contributed by atoms with E-state index in [-0.39, 0.29) is 6.61 Å². The van der Waals surface area contributed by atoms with Gasteiger partial charge in [-0.3, -0.25) is 0 Å². The molecule has 0 aromatic carbocycles. The molecule has 0 bridgehead atoms. The van der Waals surface area contributed by atoms with Crippen LogP contribution in [-0.4, -0.2) is 25.8 Å². The van der Waals surface area contributed by atoms with Crippen molar-refractivity contribution in [3.05, 3.63) is 70.8 Å². The van der Waals surface area contributed by atoms with E-state index < -0.39 is 0 Å². The molecule has 1 aliphatic carbocycles. The Morgan fingerprint density at radius 3 is 1.77 bits per heavy atom. The van der Waals surface area contributed by atoms with Crippen molar-refractivity contribution in [2.75, 3.05) is 6.61 Å². The summed E-state index contributed by atoms with van der Waals surface area (Å²) in [6, 6.07) is 13.0. The molecule has 1 saturated carbocycles. The summed E-state index contributed by atoms with van der Waals surface area (Å²) < 4.78 is 4.44. The number of aliphatic hydroxyl groups is 1. The van der Waals surface area contributed by atoms with E-state index in [0.29, 0.717) is 5.92 Å². The molecule has 4 rings (SSSR count). The zero-order valence-electron chi connectivity index (χ0n) is 18.7. The average Bonchev–Trinajstić information content (AvgIpc) is 3.26. The number of hydrogen-bond donors (Lipinski definition) is 1. The molecule has 0 amide bonds. The van der Waals surface area contributed by atoms with Gasteiger partial charge in [0.25, 0.3) is 0 Å². The van der Waals surface area contributed by atoms with Gasteiger partial charge in [0.05, 0.1) is 6.61 Å². The Balaban J connectivity index is 1.92. The van der Waals surface area contributed by atoms with Gasteiger partial charge in [-0.05, 0) is 94.0 Å². The number of aromatic nitrogens is 3. The maximum atomic E-state index is 9.81. The fraction of sp³-hybridized carbons (Fsp3) is 0.423. The zero-order chi connectivity index (χ0) is 21.3. The van der Waals surface area contributed by atoms with Crippen molar-refractivity contribution in [2.24, 2.45) is 5.92 Å². The lowest BCUT2D eigenvalue weighted by Crippen LogP contribution is -2.12. The van der Waals surface area contributed by atoms with Gasteiger partial charge >= 0.3 is 0 Å². The summed E-state index contributed by atoms with van der Waals surface area (Å²) in [6.45, 7) is 8.57. The predicted octanol–water partition coefficient (Wildman–Crippen LogP) is 5.85. The number of rotatable bonds is 5. The molecule has 4 nitrogen and oxygen atoms in total. The van der Waals surface area contributed by atoms with Gasteiger partial charge in [-0.2, -0.15) is 0 Å². The summed E-state index contributed by atoms with van der Waals surface area (Å²) >= 11 is 0. The van der Waals surface area contributed by atoms with Crippen LogP contribution in [0.2, 0.25) is 0 Å². The van der Waals surface area contributed by atoms with Crippen LogP contribution in [-0.2, 0) is 0 Å². The summed E-state index contributed by atoms with van der Waals surface area (Å²) in [6.07, 6.45) is 8.26. The first-order valence-electron chi connectivity index (χ1n) is 11.1. The van der Waals surface area contributed by atoms with Crippen LogP contribution in [0.3, 0.4) is 0 Å². The van der Waals surface area contributed by atoms with E-state index in [0.717, 1.165) is 11.6 Å². The van der Waals surface area contributed by atoms with E-state index >= 15 is 0 Å². The van der Waals surface area contributed by atoms with E-state index in [4.69, 9.17) is 4.98 Å². The Hall–Kier alpha value is -2.59. The highest BCUT2D eigenvalue weighted by Crippen LogP contribution is 2.36. The van der Waals surface area contributed by atoms with E-state index in [1.807, 2.05) is 6.08 Å². The predicted molar refractivity (Wildman–Crippen MR) is 123 cm³/mol. The van der Waals surface area contributed by atoms with E-state index in [2.05, 4.69) is 73.2 Å². The minimum Gasteiger partial charge on any atom is -0.392 e. The molecule has 1 fully saturated rings. The van der Waals surface area contributed by atoms with Gasteiger partial charge in [-0.15, -0.1) is 0 Å². The molecule has 1 N–H and O–H groups in total. The van der Waals surface area contributed by atoms with Gasteiger partial charge in [0.1, 0.15) is 11.6 Å². The summed E-state index contributed by atoms with van der Waals surface area (Å²) in [5, 5.41) is 9.81. The first-order valence-corrected chi connectivity index (χ1v) is 11.1. The summed E-state index contributed by atoms with van der Waals surface area (Å²) in [5.41, 5.74) is 7.15. The molecule has 0 unspecified atom stereocenters. The van der Waals surface area contributed by atoms with Crippen molar-refractivity contribution >= 4 is 5.57 Å². The Labute approximate surface area is 179 Å². The molecular formula is C26H33N3O. The fourth-order valence-electron chi connectivity index (χ4n) is 4.99. The molecule has 0 spiro atoms. The highest BCUT2D eigenvalue weighted by atomic mass is 16.2. The largest absolute Gasteiger partial charge is 0.392 e. The summed E-state index contributed by atoms with van der Waals surface area (Å²) in [5.74, 6) is 2.39. The third-order valence-corrected chi connectivity index (χ3v) is 6.49. The van der Waals surface area contributed by atoms with E-state index in [1.165, 1.54) is 66.0 Å². The lowest BCUT2D eigenvalue weighted by atomic mass is 9.81. The fourth-order valence-corrected chi connectivity index (χ4v) is 4.99. The number of aryl methyl sites for hydroxylation is 4. The SMILES string of the molecule is Cc1ccc(C)n1-c1cc(/C(=C\CO)C2CCCCC2)cc(-n2c(C)ccc2C)n1. The molecule has 0 aliphatic heterocycles. The lowest BCUT2D eigenvalue weighted by Gasteiger charge is -2.26. The number of aliphatic hydroxyl groups excluding tert-OH is 1. The first-order chi connectivity index (χ1) is 14.5. The third-order valence-electron chi connectivity index (χ3n) is 6.49. The van der Waals surface area contributed by atoms with Crippen molar-refractivity contribution in [3.8, 4) is 11.6 Å². The quantitative estimate of drug-likeness (QED) is 0.580. The van der Waals surface area contributed by atoms with Crippen molar-refractivity contribution in [2.45, 2.75) is 59.8 Å². The highest BCUT2D eigenvalue weighted by Gasteiger charge is 2.21. The van der Waals surface area contributed by atoms with E-state index in [9.17, 15) is 5.11 Å². The minimum absolute atomic E-state index is 0.0714. The van der Waals surface area contributed by atoms with Crippen molar-refractivity contribution in [3.63, 3.8) is 0 Å². The van der Waals surface area contributed by atoms with Gasteiger partial charge in [-0.1, -0.05) is 25.3 Å². The van der Waals surface area contributed by atoms with Gasteiger partial charge in [0.15, 0.2) is 0 Å². The van der Waals surface area contributed by atoms with Crippen LogP contribution in [0.1, 0.15) is 60.4 Å². The number of allylic oxidation sites excluding steroid dienone is 1. The molecule has 158 valence electrons. The molecule has 3 heterocycles. The summed E-state index contributed by atoms with van der Waals surface area (Å²) in [7, 11) is 0. The monoisotopic (exact) mass is 403 g/mol. The van der Waals surface area contributed by atoms with Crippen LogP contribution in [0.4, 0.5) is 0 Å². The standard InChI is InChI=1S/C26H33N3O/c1-18-10-11-19(2)28(18)25-16-23(24(14-15-30)22-8-6-5-7-9-22)17-26(27-25)29-20(3)12-13-21(29)4/h10-14,16-17,22,30H,5-9,15H2,1-4H3/b24-14-. The molecule has 3 aromatic rings. The van der Waals surface area contributed by atoms with Crippen LogP contribution in [0, 0.1) is 33.6 Å². The van der Waals surface area contributed by atoms with Gasteiger partial charge < -0.3 is 14.2 Å². The highest BCUT2D eigenvalue weighted by molar-refractivity contribution is 5.70. The van der Waals surface area contributed by atoms with Gasteiger partial charge in [0, 0.05) is 22.8 Å². The average molecular weight is 404 g/mol. The van der Waals surface area contributed by atoms with Crippen LogP contribution in [0.15, 0.2) is 42.5 Å². The van der Waals surface area contributed by atoms with Crippen molar-refractivity contribution in [1.29, 1.82) is 0 Å². The molecule has 0 atom stereocenters. The maximum Gasteiger partial charge on any atom is 0.140 e. The minimum atomic E-state index is 0.0714. The molecule has 3 aromatic heterocycles. The number of hydrogen-bond acceptors (Lipinski definition) is 2. The normalized spacial score (nSPS) is 15.7. The number of pyridine rings is 1. The Morgan fingerprint density at radius 2 is 1.33 bits per heavy atom. The van der Waals surface area contributed by atoms with Gasteiger partial charge in [-0.25, -0.2) is 4.98 Å². The van der Waals surface area contributed by atoms with Crippen molar-refractivity contribution in [1.82, 2.24) is 14.1 Å². The number of nitrogens with zero attached hydrogens (tertiary/aromatic N) is 3. The third kappa shape index (κ3) is 3.89. The smallest absolute Gasteiger partial charge is 0.140 e.